The van der Waals surface area contributed by atoms with Crippen LogP contribution in [0.25, 0.3) is 0 Å². The first-order valence-electron chi connectivity index (χ1n) is 10.2. The lowest BCUT2D eigenvalue weighted by atomic mass is 9.77. The van der Waals surface area contributed by atoms with E-state index < -0.39 is 23.5 Å². The van der Waals surface area contributed by atoms with Crippen LogP contribution in [-0.4, -0.2) is 41.0 Å². The third-order valence-electron chi connectivity index (χ3n) is 6.12. The molecule has 5 rings (SSSR count). The first-order valence-corrected chi connectivity index (χ1v) is 10.2. The number of aromatic nitrogens is 1. The van der Waals surface area contributed by atoms with Gasteiger partial charge in [-0.05, 0) is 42.0 Å². The van der Waals surface area contributed by atoms with E-state index in [1.54, 1.807) is 41.6 Å². The van der Waals surface area contributed by atoms with Crippen molar-refractivity contribution >= 4 is 29.1 Å². The van der Waals surface area contributed by atoms with Crippen LogP contribution in [-0.2, 0) is 25.7 Å². The Bertz CT molecular complexity index is 1070. The summed E-state index contributed by atoms with van der Waals surface area (Å²) in [6.07, 6.45) is 6.78. The molecule has 4 atom stereocenters. The molecule has 2 bridgehead atoms. The molecule has 8 heteroatoms. The molecule has 4 heterocycles. The molecule has 2 saturated heterocycles. The number of carbonyl (C=O) groups excluding carboxylic acids is 3. The van der Waals surface area contributed by atoms with Gasteiger partial charge in [0, 0.05) is 37.2 Å². The molecule has 31 heavy (non-hydrogen) atoms. The summed E-state index contributed by atoms with van der Waals surface area (Å²) in [7, 11) is 0. The fourth-order valence-electron chi connectivity index (χ4n) is 4.75. The van der Waals surface area contributed by atoms with Crippen LogP contribution in [0.3, 0.4) is 0 Å². The molecule has 8 nitrogen and oxygen atoms in total. The zero-order valence-corrected chi connectivity index (χ0v) is 16.9. The van der Waals surface area contributed by atoms with Crippen molar-refractivity contribution in [2.75, 3.05) is 16.8 Å². The van der Waals surface area contributed by atoms with Crippen molar-refractivity contribution in [2.24, 2.45) is 11.8 Å². The van der Waals surface area contributed by atoms with Gasteiger partial charge in [-0.15, -0.1) is 0 Å². The smallest absolute Gasteiger partial charge is 0.234 e. The summed E-state index contributed by atoms with van der Waals surface area (Å²) in [5.74, 6) is -1.59. The predicted octanol–water partition coefficient (Wildman–Crippen LogP) is 1.64. The summed E-state index contributed by atoms with van der Waals surface area (Å²) in [6.45, 7) is 2.17. The fourth-order valence-corrected chi connectivity index (χ4v) is 4.75. The van der Waals surface area contributed by atoms with Gasteiger partial charge in [0.05, 0.1) is 24.5 Å². The molecule has 2 fully saturated rings. The van der Waals surface area contributed by atoms with E-state index in [1.807, 2.05) is 24.3 Å². The van der Waals surface area contributed by atoms with Crippen LogP contribution in [0.5, 0.6) is 0 Å². The maximum absolute atomic E-state index is 13.4. The molecule has 1 spiro atoms. The van der Waals surface area contributed by atoms with E-state index in [4.69, 9.17) is 4.74 Å². The number of benzene rings is 1. The highest BCUT2D eigenvalue weighted by Gasteiger charge is 2.67. The summed E-state index contributed by atoms with van der Waals surface area (Å²) >= 11 is 0. The number of pyridine rings is 1. The Balaban J connectivity index is 1.34. The maximum Gasteiger partial charge on any atom is 0.234 e. The number of anilines is 2. The quantitative estimate of drug-likeness (QED) is 0.719. The number of fused-ring (bicyclic) bond motifs is 1. The van der Waals surface area contributed by atoms with E-state index in [2.05, 4.69) is 15.6 Å². The molecule has 2 unspecified atom stereocenters. The Labute approximate surface area is 179 Å². The number of nitrogens with zero attached hydrogens (tertiary/aromatic N) is 2. The van der Waals surface area contributed by atoms with Crippen LogP contribution in [0.15, 0.2) is 60.9 Å². The third-order valence-corrected chi connectivity index (χ3v) is 6.12. The fraction of sp³-hybridized carbons (Fsp3) is 0.304. The second kappa shape index (κ2) is 7.31. The molecule has 3 aliphatic heterocycles. The summed E-state index contributed by atoms with van der Waals surface area (Å²) < 4.78 is 6.17. The molecule has 1 aromatic carbocycles. The van der Waals surface area contributed by atoms with E-state index in [0.717, 1.165) is 5.56 Å². The standard InChI is InChI=1S/C23H22N4O4/c1-14(28)26-16-2-4-17(5-3-16)27-13-23-9-6-18(31-23)19(20(23)22(27)30)21(29)25-12-15-7-10-24-11-8-15/h2-11,18-20H,12-13H2,1H3,(H,25,29)(H,26,28)/t18-,19?,20?,23+/m0/s1. The van der Waals surface area contributed by atoms with Crippen molar-refractivity contribution in [3.63, 3.8) is 0 Å². The minimum absolute atomic E-state index is 0.122. The molecule has 3 amide bonds. The monoisotopic (exact) mass is 418 g/mol. The van der Waals surface area contributed by atoms with Crippen molar-refractivity contribution in [3.05, 3.63) is 66.5 Å². The average molecular weight is 418 g/mol. The number of rotatable bonds is 5. The largest absolute Gasteiger partial charge is 0.360 e. The summed E-state index contributed by atoms with van der Waals surface area (Å²) in [6, 6.07) is 10.8. The van der Waals surface area contributed by atoms with E-state index in [1.165, 1.54) is 6.92 Å². The van der Waals surface area contributed by atoms with Crippen molar-refractivity contribution in [1.29, 1.82) is 0 Å². The van der Waals surface area contributed by atoms with Crippen molar-refractivity contribution < 1.29 is 19.1 Å². The van der Waals surface area contributed by atoms with Crippen molar-refractivity contribution in [3.8, 4) is 0 Å². The lowest BCUT2D eigenvalue weighted by molar-refractivity contribution is -0.132. The first kappa shape index (κ1) is 19.4. The molecule has 3 aliphatic rings. The van der Waals surface area contributed by atoms with Crippen LogP contribution in [0.1, 0.15) is 12.5 Å². The van der Waals surface area contributed by atoms with Crippen LogP contribution in [0, 0.1) is 11.8 Å². The predicted molar refractivity (Wildman–Crippen MR) is 113 cm³/mol. The minimum atomic E-state index is -0.781. The topological polar surface area (TPSA) is 101 Å². The summed E-state index contributed by atoms with van der Waals surface area (Å²) in [4.78, 5) is 43.3. The lowest BCUT2D eigenvalue weighted by Gasteiger charge is -2.23. The first-order chi connectivity index (χ1) is 15.0. The van der Waals surface area contributed by atoms with Gasteiger partial charge in [-0.2, -0.15) is 0 Å². The highest BCUT2D eigenvalue weighted by molar-refractivity contribution is 6.03. The highest BCUT2D eigenvalue weighted by Crippen LogP contribution is 2.52. The molecule has 0 radical (unpaired) electrons. The SMILES string of the molecule is CC(=O)Nc1ccc(N2C[C@@]34C=C[C@H](O3)C(C(=O)NCc3ccncc3)C4C2=O)cc1. The molecule has 1 aromatic heterocycles. The van der Waals surface area contributed by atoms with Gasteiger partial charge in [0.15, 0.2) is 0 Å². The highest BCUT2D eigenvalue weighted by atomic mass is 16.5. The Morgan fingerprint density at radius 3 is 2.65 bits per heavy atom. The Kier molecular flexibility index (Phi) is 4.59. The van der Waals surface area contributed by atoms with Crippen LogP contribution in [0.4, 0.5) is 11.4 Å². The molecule has 2 N–H and O–H groups in total. The van der Waals surface area contributed by atoms with Crippen molar-refractivity contribution in [2.45, 2.75) is 25.2 Å². The van der Waals surface area contributed by atoms with Gasteiger partial charge in [0.2, 0.25) is 17.7 Å². The Hall–Kier alpha value is -3.52. The number of hydrogen-bond acceptors (Lipinski definition) is 5. The van der Waals surface area contributed by atoms with Gasteiger partial charge in [-0.1, -0.05) is 12.2 Å². The van der Waals surface area contributed by atoms with E-state index in [9.17, 15) is 14.4 Å². The van der Waals surface area contributed by atoms with Gasteiger partial charge in [-0.25, -0.2) is 0 Å². The molecule has 0 saturated carbocycles. The maximum atomic E-state index is 13.4. The normalized spacial score (nSPS) is 28.0. The number of carbonyl (C=O) groups is 3. The second-order valence-electron chi connectivity index (χ2n) is 8.13. The molecule has 0 aliphatic carbocycles. The number of hydrogen-bond donors (Lipinski definition) is 2. The van der Waals surface area contributed by atoms with E-state index >= 15 is 0 Å². The van der Waals surface area contributed by atoms with Crippen molar-refractivity contribution in [1.82, 2.24) is 10.3 Å². The number of ether oxygens (including phenoxy) is 1. The number of nitrogens with one attached hydrogen (secondary N) is 2. The Morgan fingerprint density at radius 2 is 1.94 bits per heavy atom. The van der Waals surface area contributed by atoms with Gasteiger partial charge in [0.25, 0.3) is 0 Å². The van der Waals surface area contributed by atoms with Gasteiger partial charge in [0.1, 0.15) is 5.60 Å². The van der Waals surface area contributed by atoms with Gasteiger partial charge in [-0.3, -0.25) is 19.4 Å². The van der Waals surface area contributed by atoms with E-state index in [0.29, 0.717) is 24.5 Å². The van der Waals surface area contributed by atoms with Crippen LogP contribution < -0.4 is 15.5 Å². The molecular formula is C23H22N4O4. The zero-order chi connectivity index (χ0) is 21.6. The average Bonchev–Trinajstić information content (AvgIpc) is 3.41. The summed E-state index contributed by atoms with van der Waals surface area (Å²) in [5.41, 5.74) is 1.53. The van der Waals surface area contributed by atoms with Gasteiger partial charge < -0.3 is 20.3 Å². The van der Waals surface area contributed by atoms with Crippen LogP contribution >= 0.6 is 0 Å². The molecular weight excluding hydrogens is 396 g/mol. The Morgan fingerprint density at radius 1 is 1.19 bits per heavy atom. The third kappa shape index (κ3) is 3.29. The van der Waals surface area contributed by atoms with Crippen LogP contribution in [0.2, 0.25) is 0 Å². The lowest BCUT2D eigenvalue weighted by Crippen LogP contribution is -2.43. The zero-order valence-electron chi connectivity index (χ0n) is 16.9. The van der Waals surface area contributed by atoms with E-state index in [-0.39, 0.29) is 17.7 Å². The second-order valence-corrected chi connectivity index (χ2v) is 8.13. The number of amides is 3. The minimum Gasteiger partial charge on any atom is -0.360 e. The molecule has 158 valence electrons. The molecule has 2 aromatic rings. The summed E-state index contributed by atoms with van der Waals surface area (Å²) in [5, 5.41) is 5.66. The van der Waals surface area contributed by atoms with Gasteiger partial charge >= 0.3 is 0 Å².